The maximum Gasteiger partial charge on any atom is 0.323 e. The number of rotatable bonds is 28. The average Bonchev–Trinajstić information content (AvgIpc) is 3.45. The Labute approximate surface area is 283 Å². The van der Waals surface area contributed by atoms with Gasteiger partial charge in [0.15, 0.2) is 5.65 Å². The molecule has 0 amide bonds. The first-order valence-corrected chi connectivity index (χ1v) is 18.5. The summed E-state index contributed by atoms with van der Waals surface area (Å²) in [5.41, 5.74) is 13.0. The van der Waals surface area contributed by atoms with Crippen molar-refractivity contribution >= 4 is 29.1 Å². The molecule has 0 aliphatic heterocycles. The number of nitrogens with zero attached hydrogens (tertiary/aromatic N) is 4. The summed E-state index contributed by atoms with van der Waals surface area (Å²) in [6, 6.07) is -0.688. The fourth-order valence-corrected chi connectivity index (χ4v) is 5.53. The third-order valence-electron chi connectivity index (χ3n) is 8.72. The number of carbonyl (C=O) groups excluding carboxylic acids is 2. The van der Waals surface area contributed by atoms with Gasteiger partial charge in [-0.1, -0.05) is 110 Å². The molecule has 2 atom stereocenters. The smallest absolute Gasteiger partial charge is 0.323 e. The molecule has 10 nitrogen and oxygen atoms in total. The first kappa shape index (κ1) is 40.2. The summed E-state index contributed by atoms with van der Waals surface area (Å²) in [5, 5.41) is 0. The van der Waals surface area contributed by atoms with Crippen LogP contribution in [0.2, 0.25) is 0 Å². The summed E-state index contributed by atoms with van der Waals surface area (Å²) in [7, 11) is 0. The molecule has 0 saturated carbocycles. The Morgan fingerprint density at radius 2 is 1.45 bits per heavy atom. The predicted molar refractivity (Wildman–Crippen MR) is 190 cm³/mol. The fourth-order valence-electron chi connectivity index (χ4n) is 5.53. The first-order valence-electron chi connectivity index (χ1n) is 18.5. The number of unbranched alkanes of at least 4 members (excludes halogenated alkanes) is 15. The number of nitrogens with two attached hydrogens (primary N) is 2. The molecule has 2 heterocycles. The van der Waals surface area contributed by atoms with Crippen molar-refractivity contribution in [2.24, 2.45) is 17.6 Å². The van der Waals surface area contributed by atoms with Gasteiger partial charge in [0.1, 0.15) is 11.6 Å². The standard InChI is InChI=1S/C37H64N6O4/c1-4-5-6-7-8-9-10-11-12-13-14-15-16-17-18-19-20-21-22-23-33(44)46-25-24-31(28-47-36(45)34(38)30(2)3)27-43-29-41-32-26-40-37(39)42-35(32)43/h11-12,26,29-31,34H,4-10,13-25,27-28,38H2,1-3H3,(H2,39,40,42)/t31?,34-/m0/s1. The molecule has 266 valence electrons. The highest BCUT2D eigenvalue weighted by Crippen LogP contribution is 2.17. The van der Waals surface area contributed by atoms with E-state index in [9.17, 15) is 9.59 Å². The van der Waals surface area contributed by atoms with Crippen LogP contribution in [0.15, 0.2) is 24.7 Å². The zero-order valence-electron chi connectivity index (χ0n) is 29.7. The number of imidazole rings is 1. The van der Waals surface area contributed by atoms with Gasteiger partial charge in [-0.3, -0.25) is 9.59 Å². The number of aromatic nitrogens is 4. The molecule has 0 aromatic carbocycles. The molecule has 0 radical (unpaired) electrons. The topological polar surface area (TPSA) is 148 Å². The lowest BCUT2D eigenvalue weighted by atomic mass is 10.1. The number of ether oxygens (including phenoxy) is 2. The second kappa shape index (κ2) is 25.1. The third-order valence-corrected chi connectivity index (χ3v) is 8.72. The van der Waals surface area contributed by atoms with Crippen LogP contribution in [0.4, 0.5) is 5.95 Å². The molecule has 0 aliphatic rings. The molecule has 2 aromatic heterocycles. The van der Waals surface area contributed by atoms with E-state index in [2.05, 4.69) is 34.0 Å². The molecule has 2 rings (SSSR count). The monoisotopic (exact) mass is 656 g/mol. The molecule has 0 fully saturated rings. The summed E-state index contributed by atoms with van der Waals surface area (Å²) in [6.07, 6.45) is 30.5. The molecule has 0 bridgehead atoms. The number of esters is 2. The zero-order valence-corrected chi connectivity index (χ0v) is 29.7. The van der Waals surface area contributed by atoms with Gasteiger partial charge in [0, 0.05) is 18.9 Å². The Balaban J connectivity index is 1.54. The van der Waals surface area contributed by atoms with E-state index in [1.165, 1.54) is 89.9 Å². The fraction of sp³-hybridized carbons (Fsp3) is 0.757. The van der Waals surface area contributed by atoms with Crippen molar-refractivity contribution in [3.63, 3.8) is 0 Å². The quantitative estimate of drug-likeness (QED) is 0.0526. The molecule has 4 N–H and O–H groups in total. The van der Waals surface area contributed by atoms with Crippen molar-refractivity contribution < 1.29 is 19.1 Å². The molecule has 0 spiro atoms. The highest BCUT2D eigenvalue weighted by molar-refractivity contribution is 5.75. The number of anilines is 1. The SMILES string of the molecule is CCCCCCCCC=CCCCCCCCCCCCC(=O)OCCC(COC(=O)[C@@H](N)C(C)C)Cn1cnc2cnc(N)nc21. The number of allylic oxidation sites excluding steroid dienone is 2. The van der Waals surface area contributed by atoms with Crippen LogP contribution in [0.5, 0.6) is 0 Å². The normalized spacial score (nSPS) is 13.0. The first-order chi connectivity index (χ1) is 22.8. The Morgan fingerprint density at radius 3 is 2.06 bits per heavy atom. The largest absolute Gasteiger partial charge is 0.466 e. The lowest BCUT2D eigenvalue weighted by Crippen LogP contribution is -2.38. The van der Waals surface area contributed by atoms with Gasteiger partial charge in [-0.15, -0.1) is 0 Å². The second-order valence-corrected chi connectivity index (χ2v) is 13.4. The maximum atomic E-state index is 12.4. The minimum Gasteiger partial charge on any atom is -0.466 e. The lowest BCUT2D eigenvalue weighted by molar-refractivity contribution is -0.149. The number of hydrogen-bond donors (Lipinski definition) is 2. The molecular weight excluding hydrogens is 592 g/mol. The van der Waals surface area contributed by atoms with Crippen molar-refractivity contribution in [2.45, 2.75) is 155 Å². The highest BCUT2D eigenvalue weighted by Gasteiger charge is 2.22. The van der Waals surface area contributed by atoms with Crippen LogP contribution in [0.1, 0.15) is 143 Å². The van der Waals surface area contributed by atoms with Crippen LogP contribution in [-0.2, 0) is 25.6 Å². The van der Waals surface area contributed by atoms with E-state index in [1.807, 2.05) is 18.4 Å². The van der Waals surface area contributed by atoms with Gasteiger partial charge >= 0.3 is 11.9 Å². The molecule has 1 unspecified atom stereocenters. The van der Waals surface area contributed by atoms with Gasteiger partial charge in [0.05, 0.1) is 25.7 Å². The van der Waals surface area contributed by atoms with Crippen LogP contribution in [-0.4, -0.2) is 50.7 Å². The molecule has 10 heteroatoms. The second-order valence-electron chi connectivity index (χ2n) is 13.4. The lowest BCUT2D eigenvalue weighted by Gasteiger charge is -2.20. The summed E-state index contributed by atoms with van der Waals surface area (Å²) in [4.78, 5) is 37.4. The van der Waals surface area contributed by atoms with E-state index < -0.39 is 12.0 Å². The zero-order chi connectivity index (χ0) is 34.1. The Bertz CT molecular complexity index is 1150. The summed E-state index contributed by atoms with van der Waals surface area (Å²) < 4.78 is 12.9. The predicted octanol–water partition coefficient (Wildman–Crippen LogP) is 8.08. The van der Waals surface area contributed by atoms with Gasteiger partial charge < -0.3 is 25.5 Å². The van der Waals surface area contributed by atoms with Crippen LogP contribution in [0.25, 0.3) is 11.2 Å². The minimum atomic E-state index is -0.688. The third kappa shape index (κ3) is 18.2. The number of fused-ring (bicyclic) bond motifs is 1. The van der Waals surface area contributed by atoms with E-state index in [1.54, 1.807) is 12.5 Å². The van der Waals surface area contributed by atoms with E-state index in [0.717, 1.165) is 19.3 Å². The van der Waals surface area contributed by atoms with Gasteiger partial charge in [0.25, 0.3) is 0 Å². The van der Waals surface area contributed by atoms with Gasteiger partial charge in [-0.05, 0) is 44.4 Å². The van der Waals surface area contributed by atoms with Crippen LogP contribution >= 0.6 is 0 Å². The number of carbonyl (C=O) groups is 2. The molecule has 0 aliphatic carbocycles. The summed E-state index contributed by atoms with van der Waals surface area (Å²) in [6.45, 7) is 6.88. The van der Waals surface area contributed by atoms with Crippen molar-refractivity contribution in [3.05, 3.63) is 24.7 Å². The Kier molecular flexibility index (Phi) is 21.4. The van der Waals surface area contributed by atoms with Crippen molar-refractivity contribution in [1.82, 2.24) is 19.5 Å². The molecule has 2 aromatic rings. The van der Waals surface area contributed by atoms with E-state index in [4.69, 9.17) is 20.9 Å². The van der Waals surface area contributed by atoms with Crippen LogP contribution < -0.4 is 11.5 Å². The van der Waals surface area contributed by atoms with Crippen molar-refractivity contribution in [2.75, 3.05) is 18.9 Å². The molecular formula is C37H64N6O4. The van der Waals surface area contributed by atoms with Crippen molar-refractivity contribution in [3.8, 4) is 0 Å². The van der Waals surface area contributed by atoms with Gasteiger partial charge in [0.2, 0.25) is 5.95 Å². The van der Waals surface area contributed by atoms with Crippen LogP contribution in [0.3, 0.4) is 0 Å². The summed E-state index contributed by atoms with van der Waals surface area (Å²) >= 11 is 0. The Morgan fingerprint density at radius 1 is 0.851 bits per heavy atom. The van der Waals surface area contributed by atoms with Gasteiger partial charge in [-0.2, -0.15) is 4.98 Å². The van der Waals surface area contributed by atoms with E-state index >= 15 is 0 Å². The summed E-state index contributed by atoms with van der Waals surface area (Å²) in [5.74, 6) is -0.623. The van der Waals surface area contributed by atoms with E-state index in [0.29, 0.717) is 30.6 Å². The molecule has 0 saturated heterocycles. The van der Waals surface area contributed by atoms with Crippen LogP contribution in [0, 0.1) is 11.8 Å². The number of hydrogen-bond acceptors (Lipinski definition) is 9. The van der Waals surface area contributed by atoms with Crippen molar-refractivity contribution in [1.29, 1.82) is 0 Å². The van der Waals surface area contributed by atoms with Gasteiger partial charge in [-0.25, -0.2) is 9.97 Å². The molecule has 47 heavy (non-hydrogen) atoms. The van der Waals surface area contributed by atoms with E-state index in [-0.39, 0.29) is 37.0 Å². The number of nitrogen functional groups attached to an aromatic ring is 1. The average molecular weight is 657 g/mol. The minimum absolute atomic E-state index is 0.0268. The highest BCUT2D eigenvalue weighted by atomic mass is 16.5. The maximum absolute atomic E-state index is 12.4. The Hall–Kier alpha value is -3.01.